The number of hydrogen-bond acceptors (Lipinski definition) is 6. The molecule has 4 rings (SSSR count). The molecule has 0 spiro atoms. The number of nitrogens with zero attached hydrogens (tertiary/aromatic N) is 2. The zero-order chi connectivity index (χ0) is 25.9. The van der Waals surface area contributed by atoms with E-state index < -0.39 is 23.7 Å². The number of aromatic nitrogens is 2. The van der Waals surface area contributed by atoms with E-state index in [9.17, 15) is 18.0 Å². The van der Waals surface area contributed by atoms with Crippen molar-refractivity contribution in [3.8, 4) is 11.5 Å². The van der Waals surface area contributed by atoms with Crippen LogP contribution in [0.4, 0.5) is 13.2 Å². The summed E-state index contributed by atoms with van der Waals surface area (Å²) in [5, 5.41) is 2.88. The summed E-state index contributed by atoms with van der Waals surface area (Å²) in [6, 6.07) is 9.94. The van der Waals surface area contributed by atoms with E-state index >= 15 is 0 Å². The molecule has 0 aliphatic heterocycles. The van der Waals surface area contributed by atoms with Gasteiger partial charge in [-0.2, -0.15) is 13.2 Å². The number of rotatable bonds is 9. The highest BCUT2D eigenvalue weighted by Crippen LogP contribution is 2.39. The van der Waals surface area contributed by atoms with Crippen LogP contribution >= 0.6 is 0 Å². The minimum Gasteiger partial charge on any atom is -0.453 e. The van der Waals surface area contributed by atoms with Crippen molar-refractivity contribution in [2.75, 3.05) is 6.61 Å². The zero-order valence-corrected chi connectivity index (χ0v) is 19.9. The smallest absolute Gasteiger partial charge is 0.416 e. The summed E-state index contributed by atoms with van der Waals surface area (Å²) in [4.78, 5) is 26.8. The highest BCUT2D eigenvalue weighted by atomic mass is 19.4. The molecule has 0 saturated heterocycles. The van der Waals surface area contributed by atoms with Crippen molar-refractivity contribution in [1.29, 1.82) is 0 Å². The standard InChI is InChI=1S/C26H27F3N4O3/c1-15-6-7-18(16(2)10-15)11-20(14-35-30)32-25(34)23-22(13-31-24(33-23)17-8-9-17)36-21-5-3-4-19(12-21)26(27,28)29/h3-7,10,12-13,17,20H,8-9,11,14,30H2,1-2H3,(H,32,34)/t20-/m1/s1. The number of halogens is 3. The van der Waals surface area contributed by atoms with E-state index in [4.69, 9.17) is 15.5 Å². The maximum absolute atomic E-state index is 13.3. The molecular formula is C26H27F3N4O3. The first-order valence-corrected chi connectivity index (χ1v) is 11.5. The molecule has 2 aromatic carbocycles. The van der Waals surface area contributed by atoms with Crippen LogP contribution in [0, 0.1) is 13.8 Å². The largest absolute Gasteiger partial charge is 0.453 e. The number of amides is 1. The average molecular weight is 501 g/mol. The summed E-state index contributed by atoms with van der Waals surface area (Å²) < 4.78 is 45.1. The molecule has 10 heteroatoms. The van der Waals surface area contributed by atoms with Gasteiger partial charge < -0.3 is 14.9 Å². The Hall–Kier alpha value is -3.50. The third-order valence-electron chi connectivity index (χ3n) is 5.92. The van der Waals surface area contributed by atoms with Gasteiger partial charge in [-0.3, -0.25) is 4.79 Å². The van der Waals surface area contributed by atoms with Crippen molar-refractivity contribution < 1.29 is 27.5 Å². The van der Waals surface area contributed by atoms with Gasteiger partial charge in [0.1, 0.15) is 11.6 Å². The number of ether oxygens (including phenoxy) is 1. The molecule has 1 amide bonds. The fraction of sp³-hybridized carbons (Fsp3) is 0.346. The molecule has 1 atom stereocenters. The minimum atomic E-state index is -4.53. The molecule has 1 fully saturated rings. The molecule has 1 aliphatic carbocycles. The summed E-state index contributed by atoms with van der Waals surface area (Å²) in [5.74, 6) is 5.28. The lowest BCUT2D eigenvalue weighted by molar-refractivity contribution is -0.137. The van der Waals surface area contributed by atoms with Crippen LogP contribution in [0.5, 0.6) is 11.5 Å². The predicted molar refractivity (Wildman–Crippen MR) is 127 cm³/mol. The van der Waals surface area contributed by atoms with Crippen molar-refractivity contribution in [2.45, 2.75) is 51.2 Å². The number of hydrogen-bond donors (Lipinski definition) is 2. The molecule has 7 nitrogen and oxygen atoms in total. The van der Waals surface area contributed by atoms with Gasteiger partial charge in [-0.1, -0.05) is 29.8 Å². The molecule has 36 heavy (non-hydrogen) atoms. The Bertz CT molecular complexity index is 1250. The summed E-state index contributed by atoms with van der Waals surface area (Å²) in [6.45, 7) is 4.03. The molecular weight excluding hydrogens is 473 g/mol. The quantitative estimate of drug-likeness (QED) is 0.401. The minimum absolute atomic E-state index is 0.0451. The van der Waals surface area contributed by atoms with Gasteiger partial charge in [0.15, 0.2) is 11.4 Å². The highest BCUT2D eigenvalue weighted by molar-refractivity contribution is 5.95. The molecule has 3 N–H and O–H groups in total. The second-order valence-corrected chi connectivity index (χ2v) is 8.98. The Labute approximate surface area is 206 Å². The van der Waals surface area contributed by atoms with Crippen molar-refractivity contribution in [3.63, 3.8) is 0 Å². The second-order valence-electron chi connectivity index (χ2n) is 8.98. The molecule has 1 aliphatic rings. The van der Waals surface area contributed by atoms with Crippen LogP contribution in [-0.4, -0.2) is 28.5 Å². The molecule has 0 radical (unpaired) electrons. The van der Waals surface area contributed by atoms with Crippen LogP contribution in [0.25, 0.3) is 0 Å². The van der Waals surface area contributed by atoms with Crippen LogP contribution in [0.15, 0.2) is 48.7 Å². The summed E-state index contributed by atoms with van der Waals surface area (Å²) in [6.07, 6.45) is -0.931. The molecule has 1 saturated carbocycles. The first-order chi connectivity index (χ1) is 17.1. The van der Waals surface area contributed by atoms with Crippen molar-refractivity contribution in [2.24, 2.45) is 5.90 Å². The molecule has 190 valence electrons. The number of benzene rings is 2. The van der Waals surface area contributed by atoms with E-state index in [1.807, 2.05) is 32.0 Å². The van der Waals surface area contributed by atoms with Crippen LogP contribution in [-0.2, 0) is 17.4 Å². The summed E-state index contributed by atoms with van der Waals surface area (Å²) in [7, 11) is 0. The third kappa shape index (κ3) is 6.38. The first kappa shape index (κ1) is 25.6. The van der Waals surface area contributed by atoms with Gasteiger partial charge in [-0.25, -0.2) is 15.9 Å². The fourth-order valence-electron chi connectivity index (χ4n) is 3.88. The van der Waals surface area contributed by atoms with Gasteiger partial charge in [0, 0.05) is 5.92 Å². The number of nitrogens with two attached hydrogens (primary N) is 1. The average Bonchev–Trinajstić information content (AvgIpc) is 3.66. The van der Waals surface area contributed by atoms with E-state index in [1.165, 1.54) is 18.3 Å². The van der Waals surface area contributed by atoms with Gasteiger partial charge >= 0.3 is 6.18 Å². The number of carbonyl (C=O) groups excluding carboxylic acids is 1. The lowest BCUT2D eigenvalue weighted by Gasteiger charge is -2.20. The van der Waals surface area contributed by atoms with E-state index in [1.54, 1.807) is 0 Å². The monoisotopic (exact) mass is 500 g/mol. The fourth-order valence-corrected chi connectivity index (χ4v) is 3.88. The summed E-state index contributed by atoms with van der Waals surface area (Å²) in [5.41, 5.74) is 2.28. The van der Waals surface area contributed by atoms with Gasteiger partial charge in [0.05, 0.1) is 24.4 Å². The molecule has 0 unspecified atom stereocenters. The number of carbonyl (C=O) groups is 1. The lowest BCUT2D eigenvalue weighted by Crippen LogP contribution is -2.41. The van der Waals surface area contributed by atoms with Crippen molar-refractivity contribution >= 4 is 5.91 Å². The van der Waals surface area contributed by atoms with E-state index in [-0.39, 0.29) is 29.7 Å². The number of alkyl halides is 3. The highest BCUT2D eigenvalue weighted by Gasteiger charge is 2.32. The lowest BCUT2D eigenvalue weighted by atomic mass is 9.99. The number of nitrogens with one attached hydrogen (secondary N) is 1. The van der Waals surface area contributed by atoms with Crippen LogP contribution in [0.3, 0.4) is 0 Å². The maximum atomic E-state index is 13.3. The Morgan fingerprint density at radius 1 is 1.19 bits per heavy atom. The van der Waals surface area contributed by atoms with Crippen LogP contribution < -0.4 is 16.0 Å². The van der Waals surface area contributed by atoms with Crippen molar-refractivity contribution in [1.82, 2.24) is 15.3 Å². The molecule has 3 aromatic rings. The van der Waals surface area contributed by atoms with Gasteiger partial charge in [-0.05, 0) is 62.4 Å². The Morgan fingerprint density at radius 3 is 2.64 bits per heavy atom. The van der Waals surface area contributed by atoms with E-state index in [0.29, 0.717) is 12.2 Å². The Kier molecular flexibility index (Phi) is 7.56. The van der Waals surface area contributed by atoms with Gasteiger partial charge in [0.25, 0.3) is 5.91 Å². The molecule has 1 aromatic heterocycles. The summed E-state index contributed by atoms with van der Waals surface area (Å²) >= 11 is 0. The topological polar surface area (TPSA) is 99.4 Å². The van der Waals surface area contributed by atoms with Crippen molar-refractivity contribution in [3.05, 3.63) is 82.4 Å². The predicted octanol–water partition coefficient (Wildman–Crippen LogP) is 5.01. The van der Waals surface area contributed by atoms with Gasteiger partial charge in [-0.15, -0.1) is 0 Å². The Balaban J connectivity index is 1.60. The first-order valence-electron chi connectivity index (χ1n) is 11.5. The van der Waals surface area contributed by atoms with E-state index in [0.717, 1.165) is 41.7 Å². The van der Waals surface area contributed by atoms with E-state index in [2.05, 4.69) is 15.3 Å². The Morgan fingerprint density at radius 2 is 1.97 bits per heavy atom. The normalized spacial score (nSPS) is 14.4. The SMILES string of the molecule is Cc1ccc(C[C@H](CON)NC(=O)c2nc(C3CC3)ncc2Oc2cccc(C(F)(F)F)c2)c(C)c1. The molecule has 0 bridgehead atoms. The van der Waals surface area contributed by atoms with Crippen LogP contribution in [0.1, 0.15) is 57.3 Å². The zero-order valence-electron chi connectivity index (χ0n) is 19.9. The third-order valence-corrected chi connectivity index (χ3v) is 5.92. The van der Waals surface area contributed by atoms with Crippen LogP contribution in [0.2, 0.25) is 0 Å². The maximum Gasteiger partial charge on any atom is 0.416 e. The van der Waals surface area contributed by atoms with Gasteiger partial charge in [0.2, 0.25) is 0 Å². The second kappa shape index (κ2) is 10.6. The molecule has 1 heterocycles. The number of aryl methyl sites for hydroxylation is 2.